The first-order chi connectivity index (χ1) is 9.18. The van der Waals surface area contributed by atoms with Crippen molar-refractivity contribution in [2.24, 2.45) is 0 Å². The van der Waals surface area contributed by atoms with Gasteiger partial charge in [0.25, 0.3) is 0 Å². The number of aliphatic carboxylic acids is 1. The molecule has 0 unspecified atom stereocenters. The third-order valence-corrected chi connectivity index (χ3v) is 2.75. The molecule has 0 spiro atoms. The van der Waals surface area contributed by atoms with Crippen LogP contribution >= 0.6 is 0 Å². The standard InChI is InChI=1S/C14H20N2O3/c17-13(8-7-12-5-4-9-15-11-12)16-10-3-1-2-6-14(18)19/h4-5,9,11H,1-3,6-8,10H2,(H,16,17)(H,18,19). The van der Waals surface area contributed by atoms with Crippen LogP contribution < -0.4 is 5.32 Å². The Kier molecular flexibility index (Phi) is 7.24. The van der Waals surface area contributed by atoms with Crippen LogP contribution in [-0.2, 0) is 16.0 Å². The van der Waals surface area contributed by atoms with Crippen molar-refractivity contribution in [3.63, 3.8) is 0 Å². The van der Waals surface area contributed by atoms with Crippen molar-refractivity contribution in [1.29, 1.82) is 0 Å². The van der Waals surface area contributed by atoms with Crippen molar-refractivity contribution in [2.45, 2.75) is 38.5 Å². The third-order valence-electron chi connectivity index (χ3n) is 2.75. The minimum absolute atomic E-state index is 0.0297. The second-order valence-electron chi connectivity index (χ2n) is 4.42. The van der Waals surface area contributed by atoms with E-state index >= 15 is 0 Å². The Bertz CT molecular complexity index is 393. The molecule has 0 saturated carbocycles. The number of carbonyl (C=O) groups excluding carboxylic acids is 1. The highest BCUT2D eigenvalue weighted by Gasteiger charge is 2.02. The van der Waals surface area contributed by atoms with Crippen molar-refractivity contribution in [3.05, 3.63) is 30.1 Å². The van der Waals surface area contributed by atoms with Gasteiger partial charge in [-0.05, 0) is 30.9 Å². The number of nitrogens with zero attached hydrogens (tertiary/aromatic N) is 1. The Morgan fingerprint density at radius 3 is 2.74 bits per heavy atom. The van der Waals surface area contributed by atoms with Gasteiger partial charge in [-0.2, -0.15) is 0 Å². The van der Waals surface area contributed by atoms with Crippen molar-refractivity contribution in [1.82, 2.24) is 10.3 Å². The first-order valence-corrected chi connectivity index (χ1v) is 6.56. The van der Waals surface area contributed by atoms with Crippen molar-refractivity contribution in [3.8, 4) is 0 Å². The van der Waals surface area contributed by atoms with E-state index in [4.69, 9.17) is 5.11 Å². The molecule has 104 valence electrons. The van der Waals surface area contributed by atoms with Gasteiger partial charge in [-0.25, -0.2) is 0 Å². The average Bonchev–Trinajstić information content (AvgIpc) is 2.41. The Morgan fingerprint density at radius 2 is 2.05 bits per heavy atom. The SMILES string of the molecule is O=C(O)CCCCCNC(=O)CCc1cccnc1. The predicted molar refractivity (Wildman–Crippen MR) is 71.7 cm³/mol. The maximum absolute atomic E-state index is 11.5. The van der Waals surface area contributed by atoms with E-state index in [9.17, 15) is 9.59 Å². The predicted octanol–water partition coefficient (Wildman–Crippen LogP) is 1.78. The lowest BCUT2D eigenvalue weighted by Gasteiger charge is -2.04. The first kappa shape index (κ1) is 15.1. The average molecular weight is 264 g/mol. The molecule has 1 rings (SSSR count). The molecule has 1 heterocycles. The Labute approximate surface area is 113 Å². The first-order valence-electron chi connectivity index (χ1n) is 6.56. The second-order valence-corrected chi connectivity index (χ2v) is 4.42. The van der Waals surface area contributed by atoms with Gasteiger partial charge < -0.3 is 10.4 Å². The van der Waals surface area contributed by atoms with E-state index in [0.717, 1.165) is 18.4 Å². The monoisotopic (exact) mass is 264 g/mol. The van der Waals surface area contributed by atoms with Crippen LogP contribution in [0.2, 0.25) is 0 Å². The lowest BCUT2D eigenvalue weighted by atomic mass is 10.1. The van der Waals surface area contributed by atoms with Crippen molar-refractivity contribution in [2.75, 3.05) is 6.54 Å². The second kappa shape index (κ2) is 9.08. The molecule has 19 heavy (non-hydrogen) atoms. The number of nitrogens with one attached hydrogen (secondary N) is 1. The molecular formula is C14H20N2O3. The summed E-state index contributed by atoms with van der Waals surface area (Å²) in [4.78, 5) is 25.8. The number of carboxylic acids is 1. The number of aryl methyl sites for hydroxylation is 1. The molecule has 0 atom stereocenters. The lowest BCUT2D eigenvalue weighted by molar-refractivity contribution is -0.137. The molecule has 0 aliphatic rings. The van der Waals surface area contributed by atoms with Crippen LogP contribution in [0.15, 0.2) is 24.5 Å². The fourth-order valence-electron chi connectivity index (χ4n) is 1.70. The van der Waals surface area contributed by atoms with Crippen LogP contribution in [-0.4, -0.2) is 28.5 Å². The van der Waals surface area contributed by atoms with Crippen LogP contribution in [0.25, 0.3) is 0 Å². The van der Waals surface area contributed by atoms with E-state index in [2.05, 4.69) is 10.3 Å². The quantitative estimate of drug-likeness (QED) is 0.666. The van der Waals surface area contributed by atoms with Gasteiger partial charge in [0.15, 0.2) is 0 Å². The van der Waals surface area contributed by atoms with Gasteiger partial charge in [-0.3, -0.25) is 14.6 Å². The topological polar surface area (TPSA) is 79.3 Å². The summed E-state index contributed by atoms with van der Waals surface area (Å²) in [5.41, 5.74) is 1.05. The van der Waals surface area contributed by atoms with Crippen LogP contribution in [0, 0.1) is 0 Å². The van der Waals surface area contributed by atoms with Crippen LogP contribution in [0.3, 0.4) is 0 Å². The summed E-state index contributed by atoms with van der Waals surface area (Å²) in [6.45, 7) is 0.617. The van der Waals surface area contributed by atoms with E-state index in [0.29, 0.717) is 25.8 Å². The van der Waals surface area contributed by atoms with E-state index in [1.54, 1.807) is 12.4 Å². The summed E-state index contributed by atoms with van der Waals surface area (Å²) in [6, 6.07) is 3.81. The normalized spacial score (nSPS) is 10.1. The summed E-state index contributed by atoms with van der Waals surface area (Å²) in [5.74, 6) is -0.734. The van der Waals surface area contributed by atoms with Gasteiger partial charge in [-0.15, -0.1) is 0 Å². The molecule has 1 aromatic rings. The molecule has 5 heteroatoms. The van der Waals surface area contributed by atoms with Gasteiger partial charge in [0.2, 0.25) is 5.91 Å². The van der Waals surface area contributed by atoms with Gasteiger partial charge in [0.1, 0.15) is 0 Å². The van der Waals surface area contributed by atoms with E-state index in [1.165, 1.54) is 0 Å². The molecule has 1 amide bonds. The number of carboxylic acid groups (broad SMARTS) is 1. The molecule has 5 nitrogen and oxygen atoms in total. The molecule has 0 aliphatic heterocycles. The number of rotatable bonds is 9. The van der Waals surface area contributed by atoms with Crippen LogP contribution in [0.4, 0.5) is 0 Å². The fourth-order valence-corrected chi connectivity index (χ4v) is 1.70. The van der Waals surface area contributed by atoms with E-state index in [1.807, 2.05) is 12.1 Å². The molecule has 0 saturated heterocycles. The summed E-state index contributed by atoms with van der Waals surface area (Å²) < 4.78 is 0. The summed E-state index contributed by atoms with van der Waals surface area (Å²) in [7, 11) is 0. The van der Waals surface area contributed by atoms with Crippen LogP contribution in [0.5, 0.6) is 0 Å². The third kappa shape index (κ3) is 7.91. The highest BCUT2D eigenvalue weighted by Crippen LogP contribution is 2.01. The molecule has 0 bridgehead atoms. The highest BCUT2D eigenvalue weighted by atomic mass is 16.4. The largest absolute Gasteiger partial charge is 0.481 e. The van der Waals surface area contributed by atoms with Gasteiger partial charge in [0, 0.05) is 31.8 Å². The maximum Gasteiger partial charge on any atom is 0.303 e. The summed E-state index contributed by atoms with van der Waals surface area (Å²) in [6.07, 6.45) is 7.15. The lowest BCUT2D eigenvalue weighted by Crippen LogP contribution is -2.24. The van der Waals surface area contributed by atoms with E-state index < -0.39 is 5.97 Å². The minimum atomic E-state index is -0.763. The summed E-state index contributed by atoms with van der Waals surface area (Å²) in [5, 5.41) is 11.3. The number of pyridine rings is 1. The number of aromatic nitrogens is 1. The highest BCUT2D eigenvalue weighted by molar-refractivity contribution is 5.76. The Balaban J connectivity index is 2.01. The molecular weight excluding hydrogens is 244 g/mol. The summed E-state index contributed by atoms with van der Waals surface area (Å²) >= 11 is 0. The zero-order chi connectivity index (χ0) is 13.9. The smallest absolute Gasteiger partial charge is 0.303 e. The molecule has 1 aromatic heterocycles. The number of hydrogen-bond acceptors (Lipinski definition) is 3. The van der Waals surface area contributed by atoms with E-state index in [-0.39, 0.29) is 12.3 Å². The number of carbonyl (C=O) groups is 2. The van der Waals surface area contributed by atoms with Crippen molar-refractivity contribution >= 4 is 11.9 Å². The van der Waals surface area contributed by atoms with Gasteiger partial charge in [0.05, 0.1) is 0 Å². The molecule has 0 fully saturated rings. The zero-order valence-electron chi connectivity index (χ0n) is 11.0. The Hall–Kier alpha value is -1.91. The molecule has 2 N–H and O–H groups in total. The van der Waals surface area contributed by atoms with Crippen molar-refractivity contribution < 1.29 is 14.7 Å². The number of hydrogen-bond donors (Lipinski definition) is 2. The number of amides is 1. The number of unbranched alkanes of at least 4 members (excludes halogenated alkanes) is 2. The maximum atomic E-state index is 11.5. The molecule has 0 aromatic carbocycles. The van der Waals surface area contributed by atoms with Gasteiger partial charge >= 0.3 is 5.97 Å². The Morgan fingerprint density at radius 1 is 1.21 bits per heavy atom. The van der Waals surface area contributed by atoms with Gasteiger partial charge in [-0.1, -0.05) is 12.5 Å². The van der Waals surface area contributed by atoms with Crippen LogP contribution in [0.1, 0.15) is 37.7 Å². The molecule has 0 radical (unpaired) electrons. The fraction of sp³-hybridized carbons (Fsp3) is 0.500. The molecule has 0 aliphatic carbocycles. The zero-order valence-corrected chi connectivity index (χ0v) is 11.0. The minimum Gasteiger partial charge on any atom is -0.481 e.